The van der Waals surface area contributed by atoms with Crippen LogP contribution < -0.4 is 5.73 Å². The second kappa shape index (κ2) is 5.30. The van der Waals surface area contributed by atoms with Crippen molar-refractivity contribution in [2.75, 3.05) is 0 Å². The van der Waals surface area contributed by atoms with Crippen molar-refractivity contribution in [3.05, 3.63) is 0 Å². The van der Waals surface area contributed by atoms with Gasteiger partial charge in [-0.2, -0.15) is 0 Å². The monoisotopic (exact) mass is 157 g/mol. The van der Waals surface area contributed by atoms with Crippen LogP contribution >= 0.6 is 0 Å². The maximum atomic E-state index is 11.2. The molecule has 0 aromatic heterocycles. The highest BCUT2D eigenvalue weighted by atomic mass is 16.1. The second-order valence-electron chi connectivity index (χ2n) is 3.20. The summed E-state index contributed by atoms with van der Waals surface area (Å²) in [5, 5.41) is 0. The molecule has 0 radical (unpaired) electrons. The van der Waals surface area contributed by atoms with Gasteiger partial charge >= 0.3 is 0 Å². The topological polar surface area (TPSA) is 43.1 Å². The summed E-state index contributed by atoms with van der Waals surface area (Å²) in [7, 11) is 0. The molecule has 0 aromatic rings. The predicted molar refractivity (Wildman–Crippen MR) is 47.3 cm³/mol. The third-order valence-corrected chi connectivity index (χ3v) is 2.10. The van der Waals surface area contributed by atoms with Crippen LogP contribution in [0.5, 0.6) is 0 Å². The van der Waals surface area contributed by atoms with E-state index in [1.807, 2.05) is 6.92 Å². The van der Waals surface area contributed by atoms with Crippen LogP contribution in [0.25, 0.3) is 0 Å². The summed E-state index contributed by atoms with van der Waals surface area (Å²) in [5.41, 5.74) is 5.57. The highest BCUT2D eigenvalue weighted by Gasteiger charge is 2.13. The molecule has 0 bridgehead atoms. The number of rotatable bonds is 5. The highest BCUT2D eigenvalue weighted by Crippen LogP contribution is 2.08. The molecule has 0 saturated carbocycles. The minimum absolute atomic E-state index is 0.210. The molecule has 0 aromatic carbocycles. The molecule has 0 aliphatic heterocycles. The summed E-state index contributed by atoms with van der Waals surface area (Å²) >= 11 is 0. The van der Waals surface area contributed by atoms with Gasteiger partial charge in [0.2, 0.25) is 0 Å². The first-order valence-electron chi connectivity index (χ1n) is 4.40. The summed E-state index contributed by atoms with van der Waals surface area (Å²) in [6.07, 6.45) is 2.46. The number of ketones is 1. The Balaban J connectivity index is 3.68. The SMILES string of the molecule is CCC(C)CC(=O)C(N)CC. The van der Waals surface area contributed by atoms with E-state index in [-0.39, 0.29) is 11.8 Å². The van der Waals surface area contributed by atoms with Gasteiger partial charge in [-0.1, -0.05) is 27.2 Å². The van der Waals surface area contributed by atoms with Crippen molar-refractivity contribution >= 4 is 5.78 Å². The van der Waals surface area contributed by atoms with Gasteiger partial charge in [0.25, 0.3) is 0 Å². The standard InChI is InChI=1S/C9H19NO/c1-4-7(3)6-9(11)8(10)5-2/h7-8H,4-6,10H2,1-3H3. The molecule has 2 atom stereocenters. The third-order valence-electron chi connectivity index (χ3n) is 2.10. The zero-order chi connectivity index (χ0) is 8.85. The number of Topliss-reactive ketones (excluding diaryl/α,β-unsaturated/α-hetero) is 1. The smallest absolute Gasteiger partial charge is 0.149 e. The second-order valence-corrected chi connectivity index (χ2v) is 3.20. The Hall–Kier alpha value is -0.370. The van der Waals surface area contributed by atoms with Crippen LogP contribution in [0, 0.1) is 5.92 Å². The van der Waals surface area contributed by atoms with E-state index in [1.165, 1.54) is 0 Å². The van der Waals surface area contributed by atoms with E-state index >= 15 is 0 Å². The summed E-state index contributed by atoms with van der Waals surface area (Å²) in [6, 6.07) is -0.232. The van der Waals surface area contributed by atoms with Crippen molar-refractivity contribution < 1.29 is 4.79 Å². The molecule has 0 rings (SSSR count). The Bertz CT molecular complexity index is 123. The fourth-order valence-corrected chi connectivity index (χ4v) is 0.867. The molecule has 2 N–H and O–H groups in total. The molecule has 0 heterocycles. The molecule has 66 valence electrons. The van der Waals surface area contributed by atoms with Crippen LogP contribution in [0.1, 0.15) is 40.0 Å². The first-order chi connectivity index (χ1) is 5.11. The molecule has 0 aliphatic rings. The van der Waals surface area contributed by atoms with Crippen molar-refractivity contribution in [3.8, 4) is 0 Å². The lowest BCUT2D eigenvalue weighted by molar-refractivity contribution is -0.121. The number of hydrogen-bond donors (Lipinski definition) is 1. The lowest BCUT2D eigenvalue weighted by Crippen LogP contribution is -2.30. The summed E-state index contributed by atoms with van der Waals surface area (Å²) < 4.78 is 0. The lowest BCUT2D eigenvalue weighted by Gasteiger charge is -2.10. The molecule has 11 heavy (non-hydrogen) atoms. The van der Waals surface area contributed by atoms with Crippen molar-refractivity contribution in [3.63, 3.8) is 0 Å². The predicted octanol–water partition coefficient (Wildman–Crippen LogP) is 1.73. The van der Waals surface area contributed by atoms with E-state index in [0.29, 0.717) is 12.3 Å². The van der Waals surface area contributed by atoms with Crippen molar-refractivity contribution in [1.29, 1.82) is 0 Å². The van der Waals surface area contributed by atoms with Crippen molar-refractivity contribution in [2.45, 2.75) is 46.1 Å². The molecular weight excluding hydrogens is 138 g/mol. The fourth-order valence-electron chi connectivity index (χ4n) is 0.867. The van der Waals surface area contributed by atoms with E-state index in [0.717, 1.165) is 12.8 Å². The molecular formula is C9H19NO. The van der Waals surface area contributed by atoms with Gasteiger partial charge in [0.05, 0.1) is 6.04 Å². The van der Waals surface area contributed by atoms with Crippen LogP contribution in [-0.4, -0.2) is 11.8 Å². The summed E-state index contributed by atoms with van der Waals surface area (Å²) in [4.78, 5) is 11.2. The van der Waals surface area contributed by atoms with E-state index in [2.05, 4.69) is 13.8 Å². The highest BCUT2D eigenvalue weighted by molar-refractivity contribution is 5.83. The average molecular weight is 157 g/mol. The van der Waals surface area contributed by atoms with Gasteiger partial charge in [0.15, 0.2) is 0 Å². The normalized spacial score (nSPS) is 16.0. The van der Waals surface area contributed by atoms with E-state index in [9.17, 15) is 4.79 Å². The zero-order valence-corrected chi connectivity index (χ0v) is 7.76. The van der Waals surface area contributed by atoms with Crippen molar-refractivity contribution in [1.82, 2.24) is 0 Å². The minimum Gasteiger partial charge on any atom is -0.322 e. The van der Waals surface area contributed by atoms with Crippen LogP contribution in [0.2, 0.25) is 0 Å². The Morgan fingerprint density at radius 2 is 1.91 bits per heavy atom. The molecule has 2 nitrogen and oxygen atoms in total. The Morgan fingerprint density at radius 1 is 1.36 bits per heavy atom. The van der Waals surface area contributed by atoms with Gasteiger partial charge in [0, 0.05) is 6.42 Å². The van der Waals surface area contributed by atoms with Crippen LogP contribution in [0.4, 0.5) is 0 Å². The molecule has 0 spiro atoms. The Labute approximate surface area is 69.2 Å². The maximum absolute atomic E-state index is 11.2. The quantitative estimate of drug-likeness (QED) is 0.660. The molecule has 0 saturated heterocycles. The largest absolute Gasteiger partial charge is 0.322 e. The third kappa shape index (κ3) is 4.14. The first kappa shape index (κ1) is 10.6. The minimum atomic E-state index is -0.232. The van der Waals surface area contributed by atoms with Gasteiger partial charge in [0.1, 0.15) is 5.78 Å². The summed E-state index contributed by atoms with van der Waals surface area (Å²) in [5.74, 6) is 0.696. The molecule has 2 unspecified atom stereocenters. The zero-order valence-electron chi connectivity index (χ0n) is 7.76. The van der Waals surface area contributed by atoms with E-state index in [4.69, 9.17) is 5.73 Å². The van der Waals surface area contributed by atoms with E-state index in [1.54, 1.807) is 0 Å². The Morgan fingerprint density at radius 3 is 2.27 bits per heavy atom. The number of carbonyl (C=O) groups excluding carboxylic acids is 1. The van der Waals surface area contributed by atoms with Gasteiger partial charge in [-0.15, -0.1) is 0 Å². The first-order valence-corrected chi connectivity index (χ1v) is 4.40. The molecule has 0 aliphatic carbocycles. The van der Waals surface area contributed by atoms with Crippen LogP contribution in [-0.2, 0) is 4.79 Å². The number of nitrogens with two attached hydrogens (primary N) is 1. The fraction of sp³-hybridized carbons (Fsp3) is 0.889. The number of carbonyl (C=O) groups is 1. The van der Waals surface area contributed by atoms with Gasteiger partial charge in [-0.3, -0.25) is 4.79 Å². The Kier molecular flexibility index (Phi) is 5.12. The van der Waals surface area contributed by atoms with Gasteiger partial charge < -0.3 is 5.73 Å². The van der Waals surface area contributed by atoms with Crippen LogP contribution in [0.15, 0.2) is 0 Å². The van der Waals surface area contributed by atoms with Gasteiger partial charge in [-0.05, 0) is 12.3 Å². The molecule has 0 amide bonds. The molecule has 2 heteroatoms. The average Bonchev–Trinajstić information content (AvgIpc) is 2.02. The number of hydrogen-bond acceptors (Lipinski definition) is 2. The summed E-state index contributed by atoms with van der Waals surface area (Å²) in [6.45, 7) is 6.12. The maximum Gasteiger partial charge on any atom is 0.149 e. The molecule has 0 fully saturated rings. The van der Waals surface area contributed by atoms with Crippen LogP contribution in [0.3, 0.4) is 0 Å². The van der Waals surface area contributed by atoms with Gasteiger partial charge in [-0.25, -0.2) is 0 Å². The van der Waals surface area contributed by atoms with Crippen molar-refractivity contribution in [2.24, 2.45) is 11.7 Å². The lowest BCUT2D eigenvalue weighted by atomic mass is 9.97. The van der Waals surface area contributed by atoms with E-state index < -0.39 is 0 Å².